The summed E-state index contributed by atoms with van der Waals surface area (Å²) in [5.74, 6) is 2.04. The fraction of sp³-hybridized carbons (Fsp3) is 0.667. The van der Waals surface area contributed by atoms with Gasteiger partial charge in [-0.05, 0) is 51.7 Å². The zero-order valence-corrected chi connectivity index (χ0v) is 16.9. The SMILES string of the molecule is CCNC(=NCCCOc1c(C)cccc1C)N1CCC(OCC)CC1. The smallest absolute Gasteiger partial charge is 0.193 e. The fourth-order valence-electron chi connectivity index (χ4n) is 3.35. The van der Waals surface area contributed by atoms with E-state index in [-0.39, 0.29) is 0 Å². The largest absolute Gasteiger partial charge is 0.493 e. The number of nitrogens with one attached hydrogen (secondary N) is 1. The van der Waals surface area contributed by atoms with E-state index in [2.05, 4.69) is 56.1 Å². The zero-order chi connectivity index (χ0) is 18.8. The molecule has 1 saturated heterocycles. The van der Waals surface area contributed by atoms with Gasteiger partial charge in [-0.2, -0.15) is 0 Å². The van der Waals surface area contributed by atoms with Crippen LogP contribution in [0.3, 0.4) is 0 Å². The van der Waals surface area contributed by atoms with Crippen molar-refractivity contribution >= 4 is 5.96 Å². The Morgan fingerprint density at radius 3 is 2.50 bits per heavy atom. The van der Waals surface area contributed by atoms with Crippen molar-refractivity contribution in [1.82, 2.24) is 10.2 Å². The minimum Gasteiger partial charge on any atom is -0.493 e. The summed E-state index contributed by atoms with van der Waals surface area (Å²) in [5, 5.41) is 3.42. The van der Waals surface area contributed by atoms with Gasteiger partial charge in [0, 0.05) is 39.2 Å². The van der Waals surface area contributed by atoms with Crippen LogP contribution in [0.5, 0.6) is 5.75 Å². The molecule has 0 amide bonds. The number of aryl methyl sites for hydroxylation is 2. The average molecular weight is 362 g/mol. The Labute approximate surface area is 158 Å². The number of rotatable bonds is 8. The highest BCUT2D eigenvalue weighted by Gasteiger charge is 2.21. The summed E-state index contributed by atoms with van der Waals surface area (Å²) >= 11 is 0. The van der Waals surface area contributed by atoms with Crippen molar-refractivity contribution in [3.05, 3.63) is 29.3 Å². The van der Waals surface area contributed by atoms with E-state index in [1.807, 2.05) is 0 Å². The first kappa shape index (κ1) is 20.6. The van der Waals surface area contributed by atoms with E-state index in [0.29, 0.717) is 12.7 Å². The van der Waals surface area contributed by atoms with Crippen molar-refractivity contribution in [2.24, 2.45) is 4.99 Å². The van der Waals surface area contributed by atoms with E-state index in [9.17, 15) is 0 Å². The number of aliphatic imine (C=N–C) groups is 1. The van der Waals surface area contributed by atoms with Crippen LogP contribution in [0.15, 0.2) is 23.2 Å². The summed E-state index contributed by atoms with van der Waals surface area (Å²) in [4.78, 5) is 7.15. The van der Waals surface area contributed by atoms with Crippen molar-refractivity contribution in [1.29, 1.82) is 0 Å². The molecule has 0 atom stereocenters. The number of hydrogen-bond acceptors (Lipinski definition) is 3. The van der Waals surface area contributed by atoms with Crippen molar-refractivity contribution in [3.63, 3.8) is 0 Å². The molecule has 2 rings (SSSR count). The Morgan fingerprint density at radius 2 is 1.88 bits per heavy atom. The lowest BCUT2D eigenvalue weighted by Crippen LogP contribution is -2.47. The molecule has 1 fully saturated rings. The molecule has 1 N–H and O–H groups in total. The summed E-state index contributed by atoms with van der Waals surface area (Å²) in [6, 6.07) is 6.25. The maximum atomic E-state index is 5.98. The Morgan fingerprint density at radius 1 is 1.19 bits per heavy atom. The molecule has 5 heteroatoms. The van der Waals surface area contributed by atoms with Crippen LogP contribution in [0.1, 0.15) is 44.2 Å². The number of benzene rings is 1. The van der Waals surface area contributed by atoms with Gasteiger partial charge < -0.3 is 19.7 Å². The van der Waals surface area contributed by atoms with Gasteiger partial charge in [0.25, 0.3) is 0 Å². The molecule has 1 aliphatic rings. The van der Waals surface area contributed by atoms with E-state index in [0.717, 1.165) is 63.8 Å². The molecular formula is C21H35N3O2. The van der Waals surface area contributed by atoms with Gasteiger partial charge in [0.1, 0.15) is 5.75 Å². The van der Waals surface area contributed by atoms with E-state index in [4.69, 9.17) is 14.5 Å². The highest BCUT2D eigenvalue weighted by Crippen LogP contribution is 2.22. The summed E-state index contributed by atoms with van der Waals surface area (Å²) in [7, 11) is 0. The van der Waals surface area contributed by atoms with Gasteiger partial charge in [0.15, 0.2) is 5.96 Å². The maximum absolute atomic E-state index is 5.98. The lowest BCUT2D eigenvalue weighted by Gasteiger charge is -2.34. The van der Waals surface area contributed by atoms with Crippen LogP contribution in [0.4, 0.5) is 0 Å². The van der Waals surface area contributed by atoms with Gasteiger partial charge in [-0.1, -0.05) is 18.2 Å². The van der Waals surface area contributed by atoms with E-state index >= 15 is 0 Å². The summed E-state index contributed by atoms with van der Waals surface area (Å²) < 4.78 is 11.7. The first-order valence-corrected chi connectivity index (χ1v) is 9.99. The van der Waals surface area contributed by atoms with Gasteiger partial charge in [0.05, 0.1) is 12.7 Å². The van der Waals surface area contributed by atoms with Crippen LogP contribution in [0, 0.1) is 13.8 Å². The molecule has 5 nitrogen and oxygen atoms in total. The highest BCUT2D eigenvalue weighted by atomic mass is 16.5. The molecule has 0 radical (unpaired) electrons. The third kappa shape index (κ3) is 6.20. The molecular weight excluding hydrogens is 326 g/mol. The van der Waals surface area contributed by atoms with E-state index < -0.39 is 0 Å². The number of likely N-dealkylation sites (tertiary alicyclic amines) is 1. The van der Waals surface area contributed by atoms with Crippen LogP contribution in [-0.4, -0.2) is 56.4 Å². The third-order valence-corrected chi connectivity index (χ3v) is 4.70. The monoisotopic (exact) mass is 361 g/mol. The van der Waals surface area contributed by atoms with Crippen LogP contribution in [0.2, 0.25) is 0 Å². The number of piperidine rings is 1. The highest BCUT2D eigenvalue weighted by molar-refractivity contribution is 5.80. The number of guanidine groups is 1. The van der Waals surface area contributed by atoms with Gasteiger partial charge in [-0.25, -0.2) is 0 Å². The number of nitrogens with zero attached hydrogens (tertiary/aromatic N) is 2. The molecule has 0 unspecified atom stereocenters. The predicted octanol–water partition coefficient (Wildman–Crippen LogP) is 3.54. The topological polar surface area (TPSA) is 46.1 Å². The Kier molecular flexibility index (Phi) is 8.75. The molecule has 0 saturated carbocycles. The molecule has 0 bridgehead atoms. The number of hydrogen-bond donors (Lipinski definition) is 1. The van der Waals surface area contributed by atoms with Crippen LogP contribution in [-0.2, 0) is 4.74 Å². The van der Waals surface area contributed by atoms with Gasteiger partial charge >= 0.3 is 0 Å². The normalized spacial score (nSPS) is 16.0. The van der Waals surface area contributed by atoms with Crippen molar-refractivity contribution in [3.8, 4) is 5.75 Å². The second kappa shape index (κ2) is 11.1. The van der Waals surface area contributed by atoms with Gasteiger partial charge in [-0.3, -0.25) is 4.99 Å². The number of ether oxygens (including phenoxy) is 2. The molecule has 1 aromatic rings. The van der Waals surface area contributed by atoms with E-state index in [1.165, 1.54) is 11.1 Å². The van der Waals surface area contributed by atoms with Gasteiger partial charge in [-0.15, -0.1) is 0 Å². The minimum atomic E-state index is 0.407. The summed E-state index contributed by atoms with van der Waals surface area (Å²) in [6.45, 7) is 13.6. The summed E-state index contributed by atoms with van der Waals surface area (Å²) in [5.41, 5.74) is 2.39. The van der Waals surface area contributed by atoms with Crippen molar-refractivity contribution < 1.29 is 9.47 Å². The van der Waals surface area contributed by atoms with Crippen LogP contribution in [0.25, 0.3) is 0 Å². The molecule has 1 aliphatic heterocycles. The lowest BCUT2D eigenvalue weighted by molar-refractivity contribution is 0.0264. The maximum Gasteiger partial charge on any atom is 0.193 e. The molecule has 0 aromatic heterocycles. The average Bonchev–Trinajstić information content (AvgIpc) is 2.64. The Hall–Kier alpha value is -1.75. The predicted molar refractivity (Wildman–Crippen MR) is 108 cm³/mol. The molecule has 1 aromatic carbocycles. The van der Waals surface area contributed by atoms with Crippen molar-refractivity contribution in [2.75, 3.05) is 39.4 Å². The lowest BCUT2D eigenvalue weighted by atomic mass is 10.1. The number of para-hydroxylation sites is 1. The molecule has 0 aliphatic carbocycles. The van der Waals surface area contributed by atoms with Gasteiger partial charge in [0.2, 0.25) is 0 Å². The quantitative estimate of drug-likeness (QED) is 0.437. The fourth-order valence-corrected chi connectivity index (χ4v) is 3.35. The Balaban J connectivity index is 1.78. The molecule has 26 heavy (non-hydrogen) atoms. The molecule has 1 heterocycles. The minimum absolute atomic E-state index is 0.407. The zero-order valence-electron chi connectivity index (χ0n) is 16.9. The molecule has 146 valence electrons. The van der Waals surface area contributed by atoms with Crippen molar-refractivity contribution in [2.45, 2.75) is 53.1 Å². The van der Waals surface area contributed by atoms with Crippen LogP contribution < -0.4 is 10.1 Å². The van der Waals surface area contributed by atoms with Crippen LogP contribution >= 0.6 is 0 Å². The van der Waals surface area contributed by atoms with E-state index in [1.54, 1.807) is 0 Å². The molecule has 0 spiro atoms. The summed E-state index contributed by atoms with van der Waals surface area (Å²) in [6.07, 6.45) is 3.48. The first-order chi connectivity index (χ1) is 12.7. The standard InChI is InChI=1S/C21H35N3O2/c1-5-22-21(24-14-11-19(12-15-24)25-6-2)23-13-8-16-26-20-17(3)9-7-10-18(20)4/h7,9-10,19H,5-6,8,11-16H2,1-4H3,(H,22,23). The Bertz CT molecular complexity index is 546. The second-order valence-electron chi connectivity index (χ2n) is 6.80. The second-order valence-corrected chi connectivity index (χ2v) is 6.80. The first-order valence-electron chi connectivity index (χ1n) is 9.99. The third-order valence-electron chi connectivity index (χ3n) is 4.70.